The van der Waals surface area contributed by atoms with Crippen molar-refractivity contribution in [2.24, 2.45) is 7.05 Å². The van der Waals surface area contributed by atoms with E-state index < -0.39 is 10.0 Å². The highest BCUT2D eigenvalue weighted by Crippen LogP contribution is 2.32. The average Bonchev–Trinajstić information content (AvgIpc) is 3.24. The first kappa shape index (κ1) is 18.9. The van der Waals surface area contributed by atoms with Gasteiger partial charge < -0.3 is 9.47 Å². The molecule has 0 spiro atoms. The quantitative estimate of drug-likeness (QED) is 0.785. The Morgan fingerprint density at radius 1 is 1.00 bits per heavy atom. The van der Waals surface area contributed by atoms with Crippen LogP contribution in [-0.2, 0) is 23.5 Å². The lowest BCUT2D eigenvalue weighted by molar-refractivity contribution is 0.0985. The molecule has 1 aromatic heterocycles. The minimum Gasteiger partial charge on any atom is -0.319 e. The van der Waals surface area contributed by atoms with Crippen LogP contribution < -0.4 is 10.5 Å². The van der Waals surface area contributed by atoms with Crippen LogP contribution in [0.25, 0.3) is 0 Å². The summed E-state index contributed by atoms with van der Waals surface area (Å²) in [5, 5.41) is 0. The number of hydrogen-bond donors (Lipinski definition) is 0. The largest absolute Gasteiger partial charge is 0.319 e. The molecule has 2 aliphatic rings. The number of hydrogen-bond acceptors (Lipinski definition) is 4. The molecule has 0 aliphatic carbocycles. The van der Waals surface area contributed by atoms with Crippen molar-refractivity contribution in [2.45, 2.75) is 30.6 Å². The Hall–Kier alpha value is -2.45. The van der Waals surface area contributed by atoms with E-state index in [1.165, 1.54) is 14.9 Å². The molecular formula is C20H23N3O4S. The molecule has 8 heteroatoms. The van der Waals surface area contributed by atoms with E-state index in [0.717, 1.165) is 36.9 Å². The Morgan fingerprint density at radius 3 is 2.46 bits per heavy atom. The predicted molar refractivity (Wildman–Crippen MR) is 106 cm³/mol. The Balaban J connectivity index is 1.67. The van der Waals surface area contributed by atoms with Gasteiger partial charge in [0.2, 0.25) is 10.0 Å². The number of aryl methyl sites for hydroxylation is 2. The third kappa shape index (κ3) is 3.27. The van der Waals surface area contributed by atoms with Crippen LogP contribution in [0.4, 0.5) is 5.69 Å². The highest BCUT2D eigenvalue weighted by molar-refractivity contribution is 7.89. The number of benzene rings is 1. The summed E-state index contributed by atoms with van der Waals surface area (Å²) >= 11 is 0. The maximum absolute atomic E-state index is 13.0. The van der Waals surface area contributed by atoms with Crippen molar-refractivity contribution in [2.75, 3.05) is 24.5 Å². The number of sulfonamides is 1. The maximum Gasteiger partial charge on any atom is 0.258 e. The maximum atomic E-state index is 13.0. The Bertz CT molecular complexity index is 1080. The summed E-state index contributed by atoms with van der Waals surface area (Å²) in [6.07, 6.45) is 4.83. The first-order valence-corrected chi connectivity index (χ1v) is 10.9. The molecule has 1 saturated heterocycles. The molecule has 2 aliphatic heterocycles. The summed E-state index contributed by atoms with van der Waals surface area (Å²) < 4.78 is 28.6. The van der Waals surface area contributed by atoms with E-state index in [2.05, 4.69) is 0 Å². The van der Waals surface area contributed by atoms with Crippen LogP contribution >= 0.6 is 0 Å². The average molecular weight is 401 g/mol. The lowest BCUT2D eigenvalue weighted by atomic mass is 10.0. The molecule has 0 bridgehead atoms. The third-order valence-corrected chi connectivity index (χ3v) is 7.36. The molecule has 0 radical (unpaired) electrons. The van der Waals surface area contributed by atoms with E-state index in [0.29, 0.717) is 25.2 Å². The number of anilines is 1. The van der Waals surface area contributed by atoms with Crippen LogP contribution in [-0.4, -0.2) is 42.8 Å². The lowest BCUT2D eigenvalue weighted by Crippen LogP contribution is -2.36. The van der Waals surface area contributed by atoms with Crippen LogP contribution in [0, 0.1) is 0 Å². The van der Waals surface area contributed by atoms with Crippen LogP contribution in [0.15, 0.2) is 46.2 Å². The second-order valence-corrected chi connectivity index (χ2v) is 9.26. The zero-order valence-electron chi connectivity index (χ0n) is 15.8. The van der Waals surface area contributed by atoms with E-state index in [9.17, 15) is 18.0 Å². The van der Waals surface area contributed by atoms with Crippen molar-refractivity contribution < 1.29 is 13.2 Å². The number of carbonyl (C=O) groups excluding carboxylic acids is 1. The molecule has 0 saturated carbocycles. The second-order valence-electron chi connectivity index (χ2n) is 7.33. The van der Waals surface area contributed by atoms with Crippen molar-refractivity contribution in [3.8, 4) is 0 Å². The van der Waals surface area contributed by atoms with Gasteiger partial charge in [-0.05, 0) is 55.5 Å². The third-order valence-electron chi connectivity index (χ3n) is 5.47. The fourth-order valence-electron chi connectivity index (χ4n) is 3.86. The molecule has 3 heterocycles. The van der Waals surface area contributed by atoms with Gasteiger partial charge in [0.05, 0.1) is 4.90 Å². The molecular weight excluding hydrogens is 378 g/mol. The van der Waals surface area contributed by atoms with Gasteiger partial charge in [0.15, 0.2) is 0 Å². The number of amides is 1. The van der Waals surface area contributed by atoms with Crippen LogP contribution in [0.3, 0.4) is 0 Å². The highest BCUT2D eigenvalue weighted by atomic mass is 32.2. The molecule has 1 aromatic carbocycles. The highest BCUT2D eigenvalue weighted by Gasteiger charge is 2.30. The number of carbonyl (C=O) groups is 1. The number of pyridine rings is 1. The second kappa shape index (κ2) is 7.18. The van der Waals surface area contributed by atoms with Crippen molar-refractivity contribution in [1.29, 1.82) is 0 Å². The summed E-state index contributed by atoms with van der Waals surface area (Å²) in [6.45, 7) is 1.67. The number of rotatable bonds is 3. The van der Waals surface area contributed by atoms with Gasteiger partial charge in [-0.25, -0.2) is 8.42 Å². The molecule has 7 nitrogen and oxygen atoms in total. The summed E-state index contributed by atoms with van der Waals surface area (Å²) in [7, 11) is -1.85. The van der Waals surface area contributed by atoms with E-state index in [-0.39, 0.29) is 16.4 Å². The predicted octanol–water partition coefficient (Wildman–Crippen LogP) is 1.76. The van der Waals surface area contributed by atoms with Gasteiger partial charge in [0.25, 0.3) is 11.5 Å². The van der Waals surface area contributed by atoms with Gasteiger partial charge in [-0.2, -0.15) is 4.31 Å². The Labute approximate surface area is 164 Å². The van der Waals surface area contributed by atoms with Crippen LogP contribution in [0.5, 0.6) is 0 Å². The first-order valence-electron chi connectivity index (χ1n) is 9.49. The smallest absolute Gasteiger partial charge is 0.258 e. The molecule has 0 N–H and O–H groups in total. The first-order chi connectivity index (χ1) is 13.4. The molecule has 2 aromatic rings. The Morgan fingerprint density at radius 2 is 1.75 bits per heavy atom. The molecule has 1 fully saturated rings. The van der Waals surface area contributed by atoms with E-state index in [4.69, 9.17) is 0 Å². The standard InChI is InChI=1S/C20H23N3O4S/c1-21-12-8-16(14-19(21)24)20(25)23-11-4-5-15-13-17(6-7-18(15)23)28(26,27)22-9-2-3-10-22/h6-8,12-14H,2-5,9-11H2,1H3. The van der Waals surface area contributed by atoms with E-state index in [1.54, 1.807) is 42.4 Å². The molecule has 0 atom stereocenters. The number of fused-ring (bicyclic) bond motifs is 1. The molecule has 4 rings (SSSR count). The normalized spacial score (nSPS) is 17.5. The van der Waals surface area contributed by atoms with Gasteiger partial charge >= 0.3 is 0 Å². The Kier molecular flexibility index (Phi) is 4.84. The molecule has 28 heavy (non-hydrogen) atoms. The summed E-state index contributed by atoms with van der Waals surface area (Å²) in [5.41, 5.74) is 1.67. The zero-order chi connectivity index (χ0) is 19.9. The van der Waals surface area contributed by atoms with Crippen molar-refractivity contribution >= 4 is 21.6 Å². The minimum absolute atomic E-state index is 0.241. The number of aromatic nitrogens is 1. The van der Waals surface area contributed by atoms with Gasteiger partial charge in [0, 0.05) is 50.2 Å². The number of nitrogens with zero attached hydrogens (tertiary/aromatic N) is 3. The SMILES string of the molecule is Cn1ccc(C(=O)N2CCCc3cc(S(=O)(=O)N4CCCC4)ccc32)cc1=O. The lowest BCUT2D eigenvalue weighted by Gasteiger charge is -2.30. The van der Waals surface area contributed by atoms with Crippen molar-refractivity contribution in [3.05, 3.63) is 58.0 Å². The molecule has 148 valence electrons. The van der Waals surface area contributed by atoms with Gasteiger partial charge in [0.1, 0.15) is 0 Å². The van der Waals surface area contributed by atoms with Gasteiger partial charge in [-0.1, -0.05) is 0 Å². The topological polar surface area (TPSA) is 79.7 Å². The molecule has 0 unspecified atom stereocenters. The van der Waals surface area contributed by atoms with E-state index >= 15 is 0 Å². The van der Waals surface area contributed by atoms with Crippen LogP contribution in [0.2, 0.25) is 0 Å². The monoisotopic (exact) mass is 401 g/mol. The van der Waals surface area contributed by atoms with Crippen molar-refractivity contribution in [1.82, 2.24) is 8.87 Å². The van der Waals surface area contributed by atoms with Crippen molar-refractivity contribution in [3.63, 3.8) is 0 Å². The van der Waals surface area contributed by atoms with E-state index in [1.807, 2.05) is 0 Å². The zero-order valence-corrected chi connectivity index (χ0v) is 16.6. The van der Waals surface area contributed by atoms with Gasteiger partial charge in [-0.3, -0.25) is 9.59 Å². The van der Waals surface area contributed by atoms with Crippen LogP contribution in [0.1, 0.15) is 35.2 Å². The summed E-state index contributed by atoms with van der Waals surface area (Å²) in [4.78, 5) is 26.8. The van der Waals surface area contributed by atoms with Gasteiger partial charge in [-0.15, -0.1) is 0 Å². The summed E-state index contributed by atoms with van der Waals surface area (Å²) in [5.74, 6) is -0.242. The fourth-order valence-corrected chi connectivity index (χ4v) is 5.43. The minimum atomic E-state index is -3.49. The molecule has 1 amide bonds. The summed E-state index contributed by atoms with van der Waals surface area (Å²) in [6, 6.07) is 7.97. The fraction of sp³-hybridized carbons (Fsp3) is 0.400.